The maximum Gasteiger partial charge on any atom is 0.166 e. The lowest BCUT2D eigenvalue weighted by Gasteiger charge is -2.08. The Balaban J connectivity index is 2.63. The molecular weight excluding hydrogens is 268 g/mol. The molecule has 4 nitrogen and oxygen atoms in total. The minimum Gasteiger partial charge on any atom is -0.397 e. The number of anilines is 1. The molecule has 1 heterocycles. The number of nitrogens with two attached hydrogens (primary N) is 1. The second-order valence-corrected chi connectivity index (χ2v) is 4.37. The number of hydrogen-bond donors (Lipinski definition) is 1. The van der Waals surface area contributed by atoms with Crippen LogP contribution in [0.2, 0.25) is 0 Å². The maximum absolute atomic E-state index is 6.02. The first kappa shape index (κ1) is 11.1. The molecule has 2 rings (SSSR count). The van der Waals surface area contributed by atoms with Crippen LogP contribution < -0.4 is 5.73 Å². The number of rotatable bonds is 2. The van der Waals surface area contributed by atoms with Crippen molar-refractivity contribution in [1.29, 1.82) is 0 Å². The zero-order chi connectivity index (χ0) is 11.7. The molecule has 2 aromatic rings. The van der Waals surface area contributed by atoms with Gasteiger partial charge in [0.25, 0.3) is 0 Å². The van der Waals surface area contributed by atoms with E-state index in [9.17, 15) is 0 Å². The van der Waals surface area contributed by atoms with Crippen LogP contribution in [0.25, 0.3) is 11.4 Å². The number of aryl methyl sites for hydroxylation is 1. The third-order valence-electron chi connectivity index (χ3n) is 2.55. The van der Waals surface area contributed by atoms with Crippen molar-refractivity contribution in [2.45, 2.75) is 20.4 Å². The molecule has 5 heteroatoms. The molecule has 2 N–H and O–H groups in total. The second kappa shape index (κ2) is 4.25. The Morgan fingerprint density at radius 3 is 2.81 bits per heavy atom. The SMILES string of the molecule is CCn1c(C)nnc1-c1cccc(Br)c1N. The van der Waals surface area contributed by atoms with Crippen molar-refractivity contribution < 1.29 is 0 Å². The van der Waals surface area contributed by atoms with Gasteiger partial charge in [-0.25, -0.2) is 0 Å². The van der Waals surface area contributed by atoms with Gasteiger partial charge in [0.05, 0.1) is 5.69 Å². The fourth-order valence-corrected chi connectivity index (χ4v) is 2.06. The van der Waals surface area contributed by atoms with Crippen molar-refractivity contribution in [3.05, 3.63) is 28.5 Å². The van der Waals surface area contributed by atoms with E-state index in [0.29, 0.717) is 5.69 Å². The summed E-state index contributed by atoms with van der Waals surface area (Å²) in [6.45, 7) is 4.84. The molecule has 0 aliphatic rings. The molecule has 84 valence electrons. The van der Waals surface area contributed by atoms with Crippen molar-refractivity contribution >= 4 is 21.6 Å². The highest BCUT2D eigenvalue weighted by atomic mass is 79.9. The van der Waals surface area contributed by atoms with E-state index in [4.69, 9.17) is 5.73 Å². The predicted octanol–water partition coefficient (Wildman–Crippen LogP) is 2.62. The number of hydrogen-bond acceptors (Lipinski definition) is 3. The highest BCUT2D eigenvalue weighted by molar-refractivity contribution is 9.10. The van der Waals surface area contributed by atoms with Gasteiger partial charge in [0.15, 0.2) is 5.82 Å². The van der Waals surface area contributed by atoms with Gasteiger partial charge in [-0.1, -0.05) is 6.07 Å². The summed E-state index contributed by atoms with van der Waals surface area (Å²) in [5, 5.41) is 8.25. The number of halogens is 1. The van der Waals surface area contributed by atoms with Gasteiger partial charge in [0.2, 0.25) is 0 Å². The van der Waals surface area contributed by atoms with Crippen molar-refractivity contribution in [1.82, 2.24) is 14.8 Å². The van der Waals surface area contributed by atoms with Crippen LogP contribution in [0.15, 0.2) is 22.7 Å². The average molecular weight is 281 g/mol. The van der Waals surface area contributed by atoms with E-state index in [0.717, 1.165) is 28.2 Å². The molecule has 0 bridgehead atoms. The van der Waals surface area contributed by atoms with Crippen LogP contribution >= 0.6 is 15.9 Å². The van der Waals surface area contributed by atoms with E-state index in [1.54, 1.807) is 0 Å². The van der Waals surface area contributed by atoms with Crippen LogP contribution in [-0.4, -0.2) is 14.8 Å². The van der Waals surface area contributed by atoms with Gasteiger partial charge in [0.1, 0.15) is 5.82 Å². The van der Waals surface area contributed by atoms with Crippen molar-refractivity contribution in [2.75, 3.05) is 5.73 Å². The Hall–Kier alpha value is -1.36. The Labute approximate surface area is 103 Å². The van der Waals surface area contributed by atoms with E-state index in [-0.39, 0.29) is 0 Å². The Morgan fingerprint density at radius 1 is 1.38 bits per heavy atom. The summed E-state index contributed by atoms with van der Waals surface area (Å²) >= 11 is 3.41. The number of aromatic nitrogens is 3. The molecule has 0 atom stereocenters. The van der Waals surface area contributed by atoms with Crippen LogP contribution in [0.1, 0.15) is 12.7 Å². The van der Waals surface area contributed by atoms with E-state index >= 15 is 0 Å². The number of nitrogens with zero attached hydrogens (tertiary/aromatic N) is 3. The third-order valence-corrected chi connectivity index (χ3v) is 3.24. The smallest absolute Gasteiger partial charge is 0.166 e. The van der Waals surface area contributed by atoms with Gasteiger partial charge in [0, 0.05) is 16.6 Å². The van der Waals surface area contributed by atoms with Gasteiger partial charge < -0.3 is 10.3 Å². The molecule has 16 heavy (non-hydrogen) atoms. The fourth-order valence-electron chi connectivity index (χ4n) is 1.69. The average Bonchev–Trinajstić information content (AvgIpc) is 2.63. The van der Waals surface area contributed by atoms with Gasteiger partial charge in [-0.15, -0.1) is 10.2 Å². The quantitative estimate of drug-likeness (QED) is 0.861. The molecule has 0 radical (unpaired) electrons. The molecule has 0 saturated heterocycles. The predicted molar refractivity (Wildman–Crippen MR) is 68.0 cm³/mol. The first-order valence-corrected chi connectivity index (χ1v) is 5.88. The largest absolute Gasteiger partial charge is 0.397 e. The van der Waals surface area contributed by atoms with E-state index < -0.39 is 0 Å². The van der Waals surface area contributed by atoms with Gasteiger partial charge in [-0.05, 0) is 41.9 Å². The lowest BCUT2D eigenvalue weighted by Crippen LogP contribution is -2.02. The van der Waals surface area contributed by atoms with Gasteiger partial charge >= 0.3 is 0 Å². The summed E-state index contributed by atoms with van der Waals surface area (Å²) in [5.41, 5.74) is 7.63. The monoisotopic (exact) mass is 280 g/mol. The topological polar surface area (TPSA) is 56.7 Å². The molecular formula is C11H13BrN4. The highest BCUT2D eigenvalue weighted by Gasteiger charge is 2.13. The summed E-state index contributed by atoms with van der Waals surface area (Å²) in [5.74, 6) is 1.72. The standard InChI is InChI=1S/C11H13BrN4/c1-3-16-7(2)14-15-11(16)8-5-4-6-9(12)10(8)13/h4-6H,3,13H2,1-2H3. The third kappa shape index (κ3) is 1.71. The first-order valence-electron chi connectivity index (χ1n) is 5.09. The Bertz CT molecular complexity index is 519. The van der Waals surface area contributed by atoms with Crippen LogP contribution in [-0.2, 0) is 6.54 Å². The molecule has 1 aromatic carbocycles. The molecule has 1 aromatic heterocycles. The minimum absolute atomic E-state index is 0.699. The molecule has 0 spiro atoms. The van der Waals surface area contributed by atoms with Crippen molar-refractivity contribution in [3.8, 4) is 11.4 Å². The summed E-state index contributed by atoms with van der Waals surface area (Å²) in [7, 11) is 0. The highest BCUT2D eigenvalue weighted by Crippen LogP contribution is 2.30. The number of nitrogen functional groups attached to an aromatic ring is 1. The molecule has 0 aliphatic carbocycles. The summed E-state index contributed by atoms with van der Waals surface area (Å²) < 4.78 is 2.92. The van der Waals surface area contributed by atoms with Gasteiger partial charge in [-0.2, -0.15) is 0 Å². The zero-order valence-corrected chi connectivity index (χ0v) is 10.8. The molecule has 0 aliphatic heterocycles. The van der Waals surface area contributed by atoms with Gasteiger partial charge in [-0.3, -0.25) is 0 Å². The molecule has 0 unspecified atom stereocenters. The van der Waals surface area contributed by atoms with Crippen molar-refractivity contribution in [2.24, 2.45) is 0 Å². The zero-order valence-electron chi connectivity index (χ0n) is 9.24. The van der Waals surface area contributed by atoms with Crippen LogP contribution in [0, 0.1) is 6.92 Å². The minimum atomic E-state index is 0.699. The fraction of sp³-hybridized carbons (Fsp3) is 0.273. The van der Waals surface area contributed by atoms with E-state index in [1.165, 1.54) is 0 Å². The van der Waals surface area contributed by atoms with E-state index in [1.807, 2.05) is 29.7 Å². The Morgan fingerprint density at radius 2 is 2.12 bits per heavy atom. The first-order chi connectivity index (χ1) is 7.65. The van der Waals surface area contributed by atoms with Crippen LogP contribution in [0.4, 0.5) is 5.69 Å². The normalized spacial score (nSPS) is 10.7. The van der Waals surface area contributed by atoms with E-state index in [2.05, 4.69) is 33.1 Å². The second-order valence-electron chi connectivity index (χ2n) is 3.52. The van der Waals surface area contributed by atoms with Crippen LogP contribution in [0.3, 0.4) is 0 Å². The summed E-state index contributed by atoms with van der Waals surface area (Å²) in [6, 6.07) is 5.81. The van der Waals surface area contributed by atoms with Crippen molar-refractivity contribution in [3.63, 3.8) is 0 Å². The lowest BCUT2D eigenvalue weighted by molar-refractivity contribution is 0.737. The Kier molecular flexibility index (Phi) is 2.96. The maximum atomic E-state index is 6.02. The lowest BCUT2D eigenvalue weighted by atomic mass is 10.1. The number of benzene rings is 1. The summed E-state index contributed by atoms with van der Waals surface area (Å²) in [4.78, 5) is 0. The molecule has 0 saturated carbocycles. The number of para-hydroxylation sites is 1. The molecule has 0 amide bonds. The molecule has 0 fully saturated rings. The summed E-state index contributed by atoms with van der Waals surface area (Å²) in [6.07, 6.45) is 0. The van der Waals surface area contributed by atoms with Crippen LogP contribution in [0.5, 0.6) is 0 Å².